The van der Waals surface area contributed by atoms with Crippen molar-refractivity contribution in [1.82, 2.24) is 20.2 Å². The molecule has 2 aliphatic rings. The average molecular weight is 665 g/mol. The van der Waals surface area contributed by atoms with Gasteiger partial charge in [0.05, 0.1) is 31.3 Å². The average Bonchev–Trinajstić information content (AvgIpc) is 3.67. The Morgan fingerprint density at radius 1 is 1.12 bits per heavy atom. The lowest BCUT2D eigenvalue weighted by Crippen LogP contribution is -2.57. The third-order valence-electron chi connectivity index (χ3n) is 8.95. The first kappa shape index (κ1) is 36.7. The van der Waals surface area contributed by atoms with Crippen molar-refractivity contribution in [3.05, 3.63) is 43.1 Å². The molecule has 0 radical (unpaired) electrons. The summed E-state index contributed by atoms with van der Waals surface area (Å²) in [5.41, 5.74) is 0.945. The SMILES string of the molecule is C=CCCC[C@@H]1C[C@H]1OC(=O)N[C@H](C(=O)N1C[C@H](Oc2nc3cc(OC)ccc3nc2C=C)[C@@H](CC)[C@H]1C(=O)OCC(C)C)C(C)(C)C. The Kier molecular flexibility index (Phi) is 12.1. The maximum absolute atomic E-state index is 14.5. The number of allylic oxidation sites excluding steroid dienone is 1. The number of hydrogen-bond acceptors (Lipinski definition) is 9. The zero-order valence-corrected chi connectivity index (χ0v) is 29.5. The maximum atomic E-state index is 14.5. The predicted molar refractivity (Wildman–Crippen MR) is 184 cm³/mol. The monoisotopic (exact) mass is 664 g/mol. The molecule has 0 bridgehead atoms. The van der Waals surface area contributed by atoms with Crippen molar-refractivity contribution in [1.29, 1.82) is 0 Å². The summed E-state index contributed by atoms with van der Waals surface area (Å²) in [7, 11) is 1.58. The topological polar surface area (TPSA) is 129 Å². The van der Waals surface area contributed by atoms with Crippen molar-refractivity contribution in [2.45, 2.75) is 97.9 Å². The van der Waals surface area contributed by atoms with Gasteiger partial charge in [-0.15, -0.1) is 6.58 Å². The molecule has 48 heavy (non-hydrogen) atoms. The molecule has 2 aromatic rings. The molecule has 6 atom stereocenters. The summed E-state index contributed by atoms with van der Waals surface area (Å²) in [5.74, 6) is -0.0655. The number of rotatable bonds is 15. The summed E-state index contributed by atoms with van der Waals surface area (Å²) < 4.78 is 23.3. The van der Waals surface area contributed by atoms with Crippen LogP contribution in [0.4, 0.5) is 4.79 Å². The predicted octanol–water partition coefficient (Wildman–Crippen LogP) is 6.35. The first-order valence-corrected chi connectivity index (χ1v) is 17.0. The standard InChI is InChI=1S/C37H52N4O7/c1-10-13-14-15-23-18-29(23)48-36(44)40-32(37(6,7)8)34(42)41-20-30(25(11-2)31(41)35(43)46-21-22(4)5)47-33-26(12-3)38-27-17-16-24(45-9)19-28(27)39-33/h10,12,16-17,19,22-23,25,29-32H,1,3,11,13-15,18,20-21H2,2,4-9H3,(H,40,44)/t23-,25-,29-,30+,31+,32-/m1/s1. The van der Waals surface area contributed by atoms with Gasteiger partial charge in [-0.25, -0.2) is 19.6 Å². The number of likely N-dealkylation sites (tertiary alicyclic amines) is 1. The summed E-state index contributed by atoms with van der Waals surface area (Å²) in [6.45, 7) is 19.4. The number of nitrogens with zero attached hydrogens (tertiary/aromatic N) is 3. The van der Waals surface area contributed by atoms with E-state index in [-0.39, 0.29) is 31.1 Å². The largest absolute Gasteiger partial charge is 0.497 e. The Balaban J connectivity index is 1.61. The molecule has 1 saturated heterocycles. The van der Waals surface area contributed by atoms with E-state index in [1.54, 1.807) is 31.4 Å². The van der Waals surface area contributed by atoms with Crippen LogP contribution in [0.3, 0.4) is 0 Å². The summed E-state index contributed by atoms with van der Waals surface area (Å²) in [4.78, 5) is 52.2. The normalized spacial score (nSPS) is 22.6. The van der Waals surface area contributed by atoms with Crippen LogP contribution in [0.15, 0.2) is 37.4 Å². The molecule has 1 aromatic heterocycles. The van der Waals surface area contributed by atoms with E-state index < -0.39 is 47.5 Å². The molecule has 1 aliphatic carbocycles. The Morgan fingerprint density at radius 3 is 2.50 bits per heavy atom. The van der Waals surface area contributed by atoms with Crippen molar-refractivity contribution in [3.63, 3.8) is 0 Å². The van der Waals surface area contributed by atoms with Gasteiger partial charge in [0, 0.05) is 12.0 Å². The number of unbranched alkanes of at least 4 members (excludes halogenated alkanes) is 1. The van der Waals surface area contributed by atoms with Gasteiger partial charge in [-0.05, 0) is 67.6 Å². The quantitative estimate of drug-likeness (QED) is 0.132. The van der Waals surface area contributed by atoms with Crippen LogP contribution in [0.5, 0.6) is 11.6 Å². The van der Waals surface area contributed by atoms with Crippen LogP contribution in [0.2, 0.25) is 0 Å². The van der Waals surface area contributed by atoms with E-state index >= 15 is 0 Å². The molecule has 2 amide bonds. The van der Waals surface area contributed by atoms with Gasteiger partial charge in [0.15, 0.2) is 0 Å². The Labute approximate surface area is 284 Å². The van der Waals surface area contributed by atoms with Gasteiger partial charge in [-0.3, -0.25) is 4.79 Å². The zero-order valence-electron chi connectivity index (χ0n) is 29.5. The summed E-state index contributed by atoms with van der Waals surface area (Å²) in [6.07, 6.45) is 6.22. The number of nitrogens with one attached hydrogen (secondary N) is 1. The number of amides is 2. The number of aromatic nitrogens is 2. The lowest BCUT2D eigenvalue weighted by atomic mass is 9.85. The highest BCUT2D eigenvalue weighted by Crippen LogP contribution is 2.39. The first-order valence-electron chi connectivity index (χ1n) is 17.0. The number of hydrogen-bond donors (Lipinski definition) is 1. The Bertz CT molecular complexity index is 1490. The molecular formula is C37H52N4O7. The minimum absolute atomic E-state index is 0.0739. The van der Waals surface area contributed by atoms with Gasteiger partial charge in [0.1, 0.15) is 35.7 Å². The summed E-state index contributed by atoms with van der Waals surface area (Å²) in [6, 6.07) is 3.46. The smallest absolute Gasteiger partial charge is 0.408 e. The van der Waals surface area contributed by atoms with Crippen LogP contribution < -0.4 is 14.8 Å². The second kappa shape index (κ2) is 15.8. The lowest BCUT2D eigenvalue weighted by molar-refractivity contribution is -0.157. The van der Waals surface area contributed by atoms with Crippen LogP contribution in [0.1, 0.15) is 79.3 Å². The third-order valence-corrected chi connectivity index (χ3v) is 8.95. The van der Waals surface area contributed by atoms with Gasteiger partial charge >= 0.3 is 12.1 Å². The van der Waals surface area contributed by atoms with E-state index in [0.717, 1.165) is 25.7 Å². The van der Waals surface area contributed by atoms with Crippen molar-refractivity contribution in [2.24, 2.45) is 23.2 Å². The van der Waals surface area contributed by atoms with Crippen LogP contribution in [-0.2, 0) is 19.1 Å². The molecule has 262 valence electrons. The molecule has 1 aromatic carbocycles. The van der Waals surface area contributed by atoms with E-state index in [1.165, 1.54) is 4.90 Å². The molecule has 1 aliphatic heterocycles. The fourth-order valence-electron chi connectivity index (χ4n) is 6.17. The zero-order chi connectivity index (χ0) is 35.2. The van der Waals surface area contributed by atoms with Crippen LogP contribution in [0.25, 0.3) is 17.1 Å². The van der Waals surface area contributed by atoms with Crippen LogP contribution >= 0.6 is 0 Å². The van der Waals surface area contributed by atoms with E-state index in [9.17, 15) is 14.4 Å². The van der Waals surface area contributed by atoms with Crippen molar-refractivity contribution >= 4 is 35.1 Å². The number of benzene rings is 1. The minimum atomic E-state index is -0.976. The number of fused-ring (bicyclic) bond motifs is 1. The van der Waals surface area contributed by atoms with E-state index in [4.69, 9.17) is 23.9 Å². The first-order chi connectivity index (χ1) is 22.8. The highest BCUT2D eigenvalue weighted by atomic mass is 16.6. The molecule has 4 rings (SSSR count). The van der Waals surface area contributed by atoms with Crippen molar-refractivity contribution < 1.29 is 33.3 Å². The number of carbonyl (C=O) groups is 3. The van der Waals surface area contributed by atoms with E-state index in [2.05, 4.69) is 23.5 Å². The Morgan fingerprint density at radius 2 is 1.88 bits per heavy atom. The number of carbonyl (C=O) groups excluding carboxylic acids is 3. The highest BCUT2D eigenvalue weighted by molar-refractivity contribution is 5.91. The summed E-state index contributed by atoms with van der Waals surface area (Å²) in [5, 5.41) is 2.84. The number of ether oxygens (including phenoxy) is 4. The van der Waals surface area contributed by atoms with Gasteiger partial charge < -0.3 is 29.2 Å². The fraction of sp³-hybridized carbons (Fsp3) is 0.595. The second-order valence-electron chi connectivity index (χ2n) is 14.3. The van der Waals surface area contributed by atoms with E-state index in [0.29, 0.717) is 34.8 Å². The van der Waals surface area contributed by atoms with Gasteiger partial charge in [-0.1, -0.05) is 54.2 Å². The third kappa shape index (κ3) is 8.85. The van der Waals surface area contributed by atoms with Gasteiger partial charge in [0.25, 0.3) is 0 Å². The van der Waals surface area contributed by atoms with Crippen molar-refractivity contribution in [3.8, 4) is 11.6 Å². The summed E-state index contributed by atoms with van der Waals surface area (Å²) >= 11 is 0. The van der Waals surface area contributed by atoms with Crippen molar-refractivity contribution in [2.75, 3.05) is 20.3 Å². The van der Waals surface area contributed by atoms with Crippen LogP contribution in [0, 0.1) is 23.2 Å². The van der Waals surface area contributed by atoms with Crippen LogP contribution in [-0.4, -0.2) is 77.4 Å². The van der Waals surface area contributed by atoms with Gasteiger partial charge in [0.2, 0.25) is 11.8 Å². The molecule has 0 spiro atoms. The second-order valence-corrected chi connectivity index (χ2v) is 14.3. The molecule has 1 N–H and O–H groups in total. The number of alkyl carbamates (subject to hydrolysis) is 1. The lowest BCUT2D eigenvalue weighted by Gasteiger charge is -2.35. The van der Waals surface area contributed by atoms with Gasteiger partial charge in [-0.2, -0.15) is 0 Å². The van der Waals surface area contributed by atoms with E-state index in [1.807, 2.05) is 47.6 Å². The molecular weight excluding hydrogens is 612 g/mol. The highest BCUT2D eigenvalue weighted by Gasteiger charge is 2.52. The maximum Gasteiger partial charge on any atom is 0.408 e. The number of methoxy groups -OCH3 is 1. The molecule has 11 heteroatoms. The fourth-order valence-corrected chi connectivity index (χ4v) is 6.17. The molecule has 2 fully saturated rings. The molecule has 0 unspecified atom stereocenters. The Hall–Kier alpha value is -4.15. The number of esters is 1. The molecule has 11 nitrogen and oxygen atoms in total. The minimum Gasteiger partial charge on any atom is -0.497 e. The molecule has 1 saturated carbocycles. The molecule has 2 heterocycles.